The molecule has 2 N–H and O–H groups in total. The number of hydrogen-bond acceptors (Lipinski definition) is 7. The number of nitrogens with zero attached hydrogens (tertiary/aromatic N) is 1. The molecule has 0 spiro atoms. The van der Waals surface area contributed by atoms with Crippen molar-refractivity contribution in [3.63, 3.8) is 0 Å². The van der Waals surface area contributed by atoms with Crippen molar-refractivity contribution in [2.75, 3.05) is 34.5 Å². The molecule has 2 rings (SSSR count). The van der Waals surface area contributed by atoms with E-state index in [1.165, 1.54) is 5.56 Å². The van der Waals surface area contributed by atoms with Crippen molar-refractivity contribution < 1.29 is 28.8 Å². The van der Waals surface area contributed by atoms with E-state index in [-0.39, 0.29) is 35.2 Å². The van der Waals surface area contributed by atoms with Gasteiger partial charge in [0.05, 0.1) is 39.0 Å². The Kier molecular flexibility index (Phi) is 15.7. The van der Waals surface area contributed by atoms with E-state index in [0.717, 1.165) is 48.5 Å². The van der Waals surface area contributed by atoms with E-state index in [0.29, 0.717) is 26.1 Å². The first kappa shape index (κ1) is 37.1. The molecule has 4 atom stereocenters. The van der Waals surface area contributed by atoms with Gasteiger partial charge in [0.25, 0.3) is 0 Å². The predicted octanol–water partition coefficient (Wildman–Crippen LogP) is 6.83. The second-order valence-electron chi connectivity index (χ2n) is 12.8. The highest BCUT2D eigenvalue weighted by Gasteiger charge is 2.31. The molecule has 2 aromatic carbocycles. The normalized spacial score (nSPS) is 14.4. The third-order valence-electron chi connectivity index (χ3n) is 8.48. The fourth-order valence-corrected chi connectivity index (χ4v) is 5.32. The molecule has 8 heteroatoms. The number of benzene rings is 2. The topological polar surface area (TPSA) is 98.6 Å². The van der Waals surface area contributed by atoms with Crippen LogP contribution in [0.15, 0.2) is 47.5 Å². The average Bonchev–Trinajstić information content (AvgIpc) is 3.01. The van der Waals surface area contributed by atoms with Gasteiger partial charge in [-0.25, -0.2) is 0 Å². The number of carbonyl (C=O) groups excluding carboxylic acids is 1. The van der Waals surface area contributed by atoms with Crippen LogP contribution in [0.4, 0.5) is 0 Å². The van der Waals surface area contributed by atoms with E-state index >= 15 is 0 Å². The maximum absolute atomic E-state index is 13.3. The molecule has 0 aromatic heterocycles. The summed E-state index contributed by atoms with van der Waals surface area (Å²) in [6.07, 6.45) is 3.82. The molecule has 0 saturated heterocycles. The predicted molar refractivity (Wildman–Crippen MR) is 178 cm³/mol. The highest BCUT2D eigenvalue weighted by Crippen LogP contribution is 2.34. The molecule has 0 saturated carbocycles. The lowest BCUT2D eigenvalue weighted by atomic mass is 9.79. The largest absolute Gasteiger partial charge is 0.497 e. The summed E-state index contributed by atoms with van der Waals surface area (Å²) in [4.78, 5) is 17.6. The van der Waals surface area contributed by atoms with Crippen molar-refractivity contribution in [3.8, 4) is 17.2 Å². The van der Waals surface area contributed by atoms with Crippen LogP contribution >= 0.6 is 0 Å². The summed E-state index contributed by atoms with van der Waals surface area (Å²) in [5.74, 6) is 1.91. The summed E-state index contributed by atoms with van der Waals surface area (Å²) in [7, 11) is 4.97. The van der Waals surface area contributed by atoms with Crippen molar-refractivity contribution in [2.45, 2.75) is 91.3 Å². The lowest BCUT2D eigenvalue weighted by Crippen LogP contribution is -2.39. The van der Waals surface area contributed by atoms with Crippen LogP contribution in [0.2, 0.25) is 0 Å². The molecule has 0 unspecified atom stereocenters. The molecule has 0 aliphatic carbocycles. The van der Waals surface area contributed by atoms with Crippen molar-refractivity contribution in [1.29, 1.82) is 0 Å². The molecular formula is C36H56N2O6. The Hall–Kier alpha value is -3.10. The van der Waals surface area contributed by atoms with Crippen LogP contribution in [-0.4, -0.2) is 64.4 Å². The monoisotopic (exact) mass is 612 g/mol. The number of ether oxygens (including phenoxy) is 4. The number of carbonyl (C=O) groups is 1. The second kappa shape index (κ2) is 18.6. The number of aliphatic hydroxyl groups excluding tert-OH is 1. The van der Waals surface area contributed by atoms with Gasteiger partial charge in [-0.15, -0.1) is 0 Å². The number of nitrogens with one attached hydrogen (secondary N) is 1. The van der Waals surface area contributed by atoms with Crippen LogP contribution in [0, 0.1) is 17.3 Å². The molecule has 1 amide bonds. The van der Waals surface area contributed by atoms with Crippen LogP contribution < -0.4 is 19.5 Å². The zero-order valence-electron chi connectivity index (χ0n) is 28.2. The quantitative estimate of drug-likeness (QED) is 0.119. The summed E-state index contributed by atoms with van der Waals surface area (Å²) in [6, 6.07) is 13.3. The molecule has 0 fully saturated rings. The Labute approximate surface area is 265 Å². The van der Waals surface area contributed by atoms with Crippen LogP contribution in [0.3, 0.4) is 0 Å². The number of aliphatic hydroxyl groups is 1. The van der Waals surface area contributed by atoms with Gasteiger partial charge in [0.2, 0.25) is 5.91 Å². The summed E-state index contributed by atoms with van der Waals surface area (Å²) < 4.78 is 21.8. The molecule has 2 aromatic rings. The lowest BCUT2D eigenvalue weighted by molar-refractivity contribution is -0.128. The summed E-state index contributed by atoms with van der Waals surface area (Å²) >= 11 is 0. The maximum Gasteiger partial charge on any atom is 0.223 e. The molecular weight excluding hydrogens is 556 g/mol. The van der Waals surface area contributed by atoms with Crippen LogP contribution in [0.25, 0.3) is 0 Å². The van der Waals surface area contributed by atoms with Crippen molar-refractivity contribution in [2.24, 2.45) is 22.2 Å². The Morgan fingerprint density at radius 2 is 1.68 bits per heavy atom. The standard InChI is InChI=1S/C36H56N2O6/c1-25(2)30(35(40)38-26(3)28-12-14-29(42-8)15-13-28)24-32(39)31(37-6)18-20-36(4,5)19-17-27-11-16-33(43-9)34(23-27)44-22-10-21-41-7/h11-16,23,25-26,30-32,39H,6,10,17-22,24H2,1-5,7-9H3,(H,38,40)/t26-,30-,31-,32-/m0/s1. The molecule has 246 valence electrons. The average molecular weight is 613 g/mol. The van der Waals surface area contributed by atoms with Crippen LogP contribution in [-0.2, 0) is 16.0 Å². The van der Waals surface area contributed by atoms with Gasteiger partial charge in [0.1, 0.15) is 5.75 Å². The van der Waals surface area contributed by atoms with Crippen molar-refractivity contribution in [3.05, 3.63) is 53.6 Å². The number of aryl methyl sites for hydroxylation is 1. The minimum absolute atomic E-state index is 0.0185. The Bertz CT molecular complexity index is 1130. The van der Waals surface area contributed by atoms with Gasteiger partial charge in [-0.3, -0.25) is 9.79 Å². The van der Waals surface area contributed by atoms with E-state index in [1.807, 2.05) is 51.1 Å². The van der Waals surface area contributed by atoms with Crippen LogP contribution in [0.5, 0.6) is 17.2 Å². The minimum Gasteiger partial charge on any atom is -0.497 e. The summed E-state index contributed by atoms with van der Waals surface area (Å²) in [6.45, 7) is 15.5. The molecule has 0 radical (unpaired) electrons. The Balaban J connectivity index is 1.94. The molecule has 0 aliphatic heterocycles. The molecule has 44 heavy (non-hydrogen) atoms. The summed E-state index contributed by atoms with van der Waals surface area (Å²) in [5.41, 5.74) is 2.20. The van der Waals surface area contributed by atoms with Gasteiger partial charge in [-0.05, 0) is 92.5 Å². The number of amides is 1. The van der Waals surface area contributed by atoms with E-state index in [1.54, 1.807) is 21.3 Å². The van der Waals surface area contributed by atoms with E-state index < -0.39 is 6.10 Å². The van der Waals surface area contributed by atoms with Gasteiger partial charge in [-0.2, -0.15) is 0 Å². The second-order valence-corrected chi connectivity index (χ2v) is 12.8. The number of aliphatic imine (C=N–C) groups is 1. The minimum atomic E-state index is -0.753. The highest BCUT2D eigenvalue weighted by atomic mass is 16.5. The molecule has 0 aliphatic rings. The lowest BCUT2D eigenvalue weighted by Gasteiger charge is -2.30. The van der Waals surface area contributed by atoms with Crippen molar-refractivity contribution in [1.82, 2.24) is 5.32 Å². The third kappa shape index (κ3) is 12.1. The first-order chi connectivity index (χ1) is 20.9. The van der Waals surface area contributed by atoms with Gasteiger partial charge in [-0.1, -0.05) is 45.9 Å². The molecule has 0 bridgehead atoms. The molecule has 0 heterocycles. The van der Waals surface area contributed by atoms with Gasteiger partial charge in [0, 0.05) is 26.1 Å². The zero-order valence-corrected chi connectivity index (χ0v) is 28.2. The smallest absolute Gasteiger partial charge is 0.223 e. The Morgan fingerprint density at radius 1 is 0.977 bits per heavy atom. The van der Waals surface area contributed by atoms with E-state index in [2.05, 4.69) is 43.0 Å². The zero-order chi connectivity index (χ0) is 32.7. The highest BCUT2D eigenvalue weighted by molar-refractivity contribution is 5.79. The first-order valence-electron chi connectivity index (χ1n) is 15.8. The van der Waals surface area contributed by atoms with Crippen molar-refractivity contribution >= 4 is 12.6 Å². The number of rotatable bonds is 21. The Morgan fingerprint density at radius 3 is 2.27 bits per heavy atom. The maximum atomic E-state index is 13.3. The fourth-order valence-electron chi connectivity index (χ4n) is 5.32. The fraction of sp³-hybridized carbons (Fsp3) is 0.611. The van der Waals surface area contributed by atoms with Crippen LogP contribution in [0.1, 0.15) is 83.9 Å². The van der Waals surface area contributed by atoms with Gasteiger partial charge >= 0.3 is 0 Å². The SMILES string of the molecule is C=N[C@@H](CCC(C)(C)CCc1ccc(OC)c(OCCCOC)c1)[C@@H](O)C[C@H](C(=O)N[C@@H](C)c1ccc(OC)cc1)C(C)C. The van der Waals surface area contributed by atoms with Gasteiger partial charge < -0.3 is 29.4 Å². The summed E-state index contributed by atoms with van der Waals surface area (Å²) in [5, 5.41) is 14.3. The third-order valence-corrected chi connectivity index (χ3v) is 8.48. The number of hydrogen-bond donors (Lipinski definition) is 2. The van der Waals surface area contributed by atoms with E-state index in [9.17, 15) is 9.90 Å². The van der Waals surface area contributed by atoms with Gasteiger partial charge in [0.15, 0.2) is 11.5 Å². The molecule has 8 nitrogen and oxygen atoms in total. The number of methoxy groups -OCH3 is 3. The first-order valence-corrected chi connectivity index (χ1v) is 15.8. The van der Waals surface area contributed by atoms with E-state index in [4.69, 9.17) is 18.9 Å².